The molecule has 0 spiro atoms. The van der Waals surface area contributed by atoms with Gasteiger partial charge in [0.05, 0.1) is 12.1 Å². The van der Waals surface area contributed by atoms with Crippen LogP contribution in [-0.4, -0.2) is 59.7 Å². The van der Waals surface area contributed by atoms with Gasteiger partial charge < -0.3 is 24.7 Å². The third kappa shape index (κ3) is 4.72. The Labute approximate surface area is 198 Å². The minimum atomic E-state index is -0.212. The summed E-state index contributed by atoms with van der Waals surface area (Å²) in [7, 11) is 0. The molecule has 1 aromatic heterocycles. The molecule has 0 unspecified atom stereocenters. The number of benzene rings is 2. The molecule has 2 aromatic carbocycles. The number of nitrogens with zero attached hydrogens (tertiary/aromatic N) is 2. The van der Waals surface area contributed by atoms with Crippen LogP contribution in [0.2, 0.25) is 0 Å². The van der Waals surface area contributed by atoms with E-state index in [9.17, 15) is 9.59 Å². The number of amides is 2. The highest BCUT2D eigenvalue weighted by molar-refractivity contribution is 5.89. The molecule has 34 heavy (non-hydrogen) atoms. The van der Waals surface area contributed by atoms with Crippen molar-refractivity contribution in [2.75, 3.05) is 38.2 Å². The number of likely N-dealkylation sites (N-methyl/N-ethyl adjacent to an activating group) is 1. The minimum absolute atomic E-state index is 0.208. The monoisotopic (exact) mass is 462 g/mol. The Bertz CT molecular complexity index is 1230. The third-order valence-corrected chi connectivity index (χ3v) is 6.59. The summed E-state index contributed by atoms with van der Waals surface area (Å²) in [6, 6.07) is 15.0. The number of nitrogens with one attached hydrogen (secondary N) is 2. The molecule has 2 aliphatic rings. The smallest absolute Gasteiger partial charge is 0.322 e. The molecule has 8 nitrogen and oxygen atoms in total. The van der Waals surface area contributed by atoms with Crippen molar-refractivity contribution in [2.45, 2.75) is 32.4 Å². The number of hydrogen-bond donors (Lipinski definition) is 2. The zero-order chi connectivity index (χ0) is 23.5. The molecule has 1 saturated heterocycles. The van der Waals surface area contributed by atoms with Gasteiger partial charge in [0, 0.05) is 35.3 Å². The number of pyridine rings is 1. The first-order valence-corrected chi connectivity index (χ1v) is 11.9. The van der Waals surface area contributed by atoms with E-state index in [2.05, 4.69) is 22.1 Å². The predicted octanol–water partition coefficient (Wildman–Crippen LogP) is 3.82. The molecule has 2 aliphatic heterocycles. The van der Waals surface area contributed by atoms with Crippen LogP contribution in [0.15, 0.2) is 53.3 Å². The summed E-state index contributed by atoms with van der Waals surface area (Å²) >= 11 is 0. The number of aromatic nitrogens is 1. The van der Waals surface area contributed by atoms with Crippen molar-refractivity contribution in [1.29, 1.82) is 0 Å². The van der Waals surface area contributed by atoms with Gasteiger partial charge in [-0.1, -0.05) is 25.1 Å². The number of rotatable bonds is 6. The largest absolute Gasteiger partial charge is 0.486 e. The van der Waals surface area contributed by atoms with Gasteiger partial charge in [-0.3, -0.25) is 9.69 Å². The Morgan fingerprint density at radius 3 is 2.68 bits per heavy atom. The summed E-state index contributed by atoms with van der Waals surface area (Å²) in [6.07, 6.45) is 2.16. The molecule has 1 atom stereocenters. The van der Waals surface area contributed by atoms with Crippen LogP contribution in [0.5, 0.6) is 11.5 Å². The summed E-state index contributed by atoms with van der Waals surface area (Å²) in [5.74, 6) is 1.30. The lowest BCUT2D eigenvalue weighted by atomic mass is 10.1. The highest BCUT2D eigenvalue weighted by atomic mass is 16.6. The Kier molecular flexibility index (Phi) is 6.40. The molecule has 178 valence electrons. The molecule has 1 fully saturated rings. The molecule has 2 amide bonds. The molecule has 0 bridgehead atoms. The highest BCUT2D eigenvalue weighted by Gasteiger charge is 2.28. The first-order valence-electron chi connectivity index (χ1n) is 11.9. The van der Waals surface area contributed by atoms with E-state index in [-0.39, 0.29) is 24.2 Å². The summed E-state index contributed by atoms with van der Waals surface area (Å²) in [6.45, 7) is 5.89. The fourth-order valence-electron chi connectivity index (χ4n) is 4.83. The molecule has 8 heteroatoms. The average Bonchev–Trinajstić information content (AvgIpc) is 3.30. The van der Waals surface area contributed by atoms with Gasteiger partial charge >= 0.3 is 6.03 Å². The topological polar surface area (TPSA) is 86.9 Å². The normalized spacial score (nSPS) is 17.6. The second-order valence-electron chi connectivity index (χ2n) is 8.81. The van der Waals surface area contributed by atoms with Crippen LogP contribution in [0.4, 0.5) is 10.5 Å². The Hall–Kier alpha value is -3.52. The zero-order valence-corrected chi connectivity index (χ0v) is 19.4. The minimum Gasteiger partial charge on any atom is -0.486 e. The number of carbonyl (C=O) groups is 1. The molecule has 5 rings (SSSR count). The summed E-state index contributed by atoms with van der Waals surface area (Å²) in [4.78, 5) is 33.4. The SMILES string of the molecule is CCN1CCC[C@H]1CN(Cc1cc2cc3c(cc2[nH]c1=O)OCCO3)C(=O)Nc1ccccc1. The summed E-state index contributed by atoms with van der Waals surface area (Å²) in [5, 5.41) is 3.83. The maximum absolute atomic E-state index is 13.3. The number of para-hydroxylation sites is 1. The number of likely N-dealkylation sites (tertiary alicyclic amines) is 1. The first kappa shape index (κ1) is 22.3. The second-order valence-corrected chi connectivity index (χ2v) is 8.81. The van der Waals surface area contributed by atoms with Crippen molar-refractivity contribution in [3.63, 3.8) is 0 Å². The van der Waals surface area contributed by atoms with Gasteiger partial charge in [0.2, 0.25) is 0 Å². The van der Waals surface area contributed by atoms with Crippen LogP contribution < -0.4 is 20.3 Å². The van der Waals surface area contributed by atoms with Crippen LogP contribution in [-0.2, 0) is 6.54 Å². The Balaban J connectivity index is 1.43. The fourth-order valence-corrected chi connectivity index (χ4v) is 4.83. The van der Waals surface area contributed by atoms with E-state index in [0.29, 0.717) is 42.3 Å². The van der Waals surface area contributed by atoms with Crippen molar-refractivity contribution < 1.29 is 14.3 Å². The van der Waals surface area contributed by atoms with Crippen LogP contribution >= 0.6 is 0 Å². The summed E-state index contributed by atoms with van der Waals surface area (Å²) < 4.78 is 11.3. The van der Waals surface area contributed by atoms with Crippen molar-refractivity contribution in [3.05, 3.63) is 64.4 Å². The van der Waals surface area contributed by atoms with Gasteiger partial charge in [-0.15, -0.1) is 0 Å². The van der Waals surface area contributed by atoms with Crippen LogP contribution in [0.25, 0.3) is 10.9 Å². The van der Waals surface area contributed by atoms with E-state index in [0.717, 1.165) is 37.0 Å². The molecule has 3 heterocycles. The zero-order valence-electron chi connectivity index (χ0n) is 19.4. The number of fused-ring (bicyclic) bond motifs is 2. The third-order valence-electron chi connectivity index (χ3n) is 6.59. The quantitative estimate of drug-likeness (QED) is 0.582. The van der Waals surface area contributed by atoms with E-state index in [1.165, 1.54) is 0 Å². The van der Waals surface area contributed by atoms with Crippen molar-refractivity contribution in [1.82, 2.24) is 14.8 Å². The molecular formula is C26H30N4O4. The number of hydrogen-bond acceptors (Lipinski definition) is 5. The van der Waals surface area contributed by atoms with Crippen LogP contribution in [0.3, 0.4) is 0 Å². The van der Waals surface area contributed by atoms with E-state index in [1.807, 2.05) is 42.5 Å². The Morgan fingerprint density at radius 1 is 1.15 bits per heavy atom. The van der Waals surface area contributed by atoms with Crippen LogP contribution in [0.1, 0.15) is 25.3 Å². The van der Waals surface area contributed by atoms with Gasteiger partial charge in [0.15, 0.2) is 11.5 Å². The molecule has 0 aliphatic carbocycles. The lowest BCUT2D eigenvalue weighted by Gasteiger charge is -2.30. The lowest BCUT2D eigenvalue weighted by Crippen LogP contribution is -2.45. The van der Waals surface area contributed by atoms with Gasteiger partial charge in [-0.2, -0.15) is 0 Å². The van der Waals surface area contributed by atoms with E-state index >= 15 is 0 Å². The number of ether oxygens (including phenoxy) is 2. The van der Waals surface area contributed by atoms with E-state index in [4.69, 9.17) is 9.47 Å². The lowest BCUT2D eigenvalue weighted by molar-refractivity contribution is 0.172. The highest BCUT2D eigenvalue weighted by Crippen LogP contribution is 2.33. The standard InChI is InChI=1S/C26H30N4O4/c1-2-29-10-6-9-21(29)17-30(26(32)27-20-7-4-3-5-8-20)16-19-13-18-14-23-24(34-12-11-33-23)15-22(18)28-25(19)31/h3-5,7-8,13-15,21H,2,6,9-12,16-17H2,1H3,(H,27,32)(H,28,31)/t21-/m0/s1. The summed E-state index contributed by atoms with van der Waals surface area (Å²) in [5.41, 5.74) is 1.74. The number of urea groups is 1. The molecule has 2 N–H and O–H groups in total. The molecular weight excluding hydrogens is 432 g/mol. The van der Waals surface area contributed by atoms with Crippen LogP contribution in [0, 0.1) is 0 Å². The molecule has 0 radical (unpaired) electrons. The number of carbonyl (C=O) groups excluding carboxylic acids is 1. The van der Waals surface area contributed by atoms with E-state index in [1.54, 1.807) is 11.0 Å². The van der Waals surface area contributed by atoms with Crippen molar-refractivity contribution in [3.8, 4) is 11.5 Å². The van der Waals surface area contributed by atoms with Gasteiger partial charge in [-0.25, -0.2) is 4.79 Å². The van der Waals surface area contributed by atoms with Crippen molar-refractivity contribution in [2.24, 2.45) is 0 Å². The first-order chi connectivity index (χ1) is 16.6. The number of aromatic amines is 1. The van der Waals surface area contributed by atoms with Gasteiger partial charge in [0.25, 0.3) is 5.56 Å². The number of H-pyrrole nitrogens is 1. The van der Waals surface area contributed by atoms with E-state index < -0.39 is 0 Å². The van der Waals surface area contributed by atoms with Gasteiger partial charge in [0.1, 0.15) is 13.2 Å². The second kappa shape index (κ2) is 9.77. The molecule has 0 saturated carbocycles. The predicted molar refractivity (Wildman–Crippen MR) is 132 cm³/mol. The van der Waals surface area contributed by atoms with Crippen molar-refractivity contribution >= 4 is 22.6 Å². The fraction of sp³-hybridized carbons (Fsp3) is 0.385. The number of anilines is 1. The van der Waals surface area contributed by atoms with Gasteiger partial charge in [-0.05, 0) is 50.2 Å². The maximum Gasteiger partial charge on any atom is 0.322 e. The average molecular weight is 463 g/mol. The maximum atomic E-state index is 13.3. The Morgan fingerprint density at radius 2 is 1.91 bits per heavy atom. The molecule has 3 aromatic rings.